The van der Waals surface area contributed by atoms with Gasteiger partial charge in [-0.3, -0.25) is 9.59 Å². The lowest BCUT2D eigenvalue weighted by Crippen LogP contribution is -2.30. The molecule has 1 aromatic carbocycles. The Morgan fingerprint density at radius 1 is 1.14 bits per heavy atom. The summed E-state index contributed by atoms with van der Waals surface area (Å²) >= 11 is 1.52. The lowest BCUT2D eigenvalue weighted by molar-refractivity contribution is -0.139. The number of fused-ring (bicyclic) bond motifs is 1. The molecular formula is C24H27NO3S. The van der Waals surface area contributed by atoms with Crippen molar-refractivity contribution in [2.75, 3.05) is 6.54 Å². The zero-order chi connectivity index (χ0) is 20.4. The molecule has 1 aliphatic heterocycles. The summed E-state index contributed by atoms with van der Waals surface area (Å²) in [6.07, 6.45) is 7.30. The fraction of sp³-hybridized carbons (Fsp3) is 0.417. The van der Waals surface area contributed by atoms with Crippen molar-refractivity contribution in [3.05, 3.63) is 62.9 Å². The molecule has 4 nitrogen and oxygen atoms in total. The number of aliphatic hydroxyl groups excluding tert-OH is 1. The molecule has 0 spiro atoms. The van der Waals surface area contributed by atoms with Crippen molar-refractivity contribution in [3.63, 3.8) is 0 Å². The highest BCUT2D eigenvalue weighted by molar-refractivity contribution is 7.10. The van der Waals surface area contributed by atoms with Gasteiger partial charge < -0.3 is 10.0 Å². The first-order chi connectivity index (χ1) is 14.1. The number of Topliss-reactive ketones (excluding diaryl/α,β-unsaturated/α-hetero) is 1. The lowest BCUT2D eigenvalue weighted by Gasteiger charge is -2.24. The molecule has 2 aliphatic rings. The van der Waals surface area contributed by atoms with Crippen LogP contribution in [0.15, 0.2) is 41.3 Å². The second-order valence-corrected chi connectivity index (χ2v) is 8.88. The number of unbranched alkanes of at least 4 members (excludes halogenated alkanes) is 2. The molecule has 152 valence electrons. The molecule has 1 atom stereocenters. The molecule has 4 rings (SSSR count). The third kappa shape index (κ3) is 3.76. The standard InChI is InChI=1S/C24H27NO3S/c1-2-3-6-13-25-21(19-10-7-14-29-19)20(23(27)24(25)28)22(26)18-12-11-16-8-4-5-9-17(16)15-18/h7,10-12,14-15,21,26H,2-6,8-9,13H2,1H3/b22-20-. The van der Waals surface area contributed by atoms with E-state index in [2.05, 4.69) is 13.0 Å². The monoisotopic (exact) mass is 409 g/mol. The van der Waals surface area contributed by atoms with Crippen molar-refractivity contribution in [3.8, 4) is 0 Å². The molecular weight excluding hydrogens is 382 g/mol. The number of ketones is 1. The smallest absolute Gasteiger partial charge is 0.295 e. The second kappa shape index (κ2) is 8.54. The number of aliphatic hydroxyl groups is 1. The van der Waals surface area contributed by atoms with Gasteiger partial charge in [-0.1, -0.05) is 38.0 Å². The van der Waals surface area contributed by atoms with E-state index in [-0.39, 0.29) is 11.3 Å². The van der Waals surface area contributed by atoms with E-state index in [1.807, 2.05) is 29.6 Å². The number of likely N-dealkylation sites (tertiary alicyclic amines) is 1. The summed E-state index contributed by atoms with van der Waals surface area (Å²) in [6, 6.07) is 9.30. The number of benzene rings is 1. The van der Waals surface area contributed by atoms with Gasteiger partial charge >= 0.3 is 0 Å². The van der Waals surface area contributed by atoms with E-state index >= 15 is 0 Å². The highest BCUT2D eigenvalue weighted by Gasteiger charge is 2.46. The van der Waals surface area contributed by atoms with Crippen LogP contribution in [-0.4, -0.2) is 28.2 Å². The summed E-state index contributed by atoms with van der Waals surface area (Å²) in [7, 11) is 0. The van der Waals surface area contributed by atoms with Gasteiger partial charge in [0, 0.05) is 17.0 Å². The SMILES string of the molecule is CCCCCN1C(=O)C(=O)/C(=C(\O)c2ccc3c(c2)CCCC3)C1c1cccs1. The average molecular weight is 410 g/mol. The Bertz CT molecular complexity index is 945. The molecule has 1 amide bonds. The van der Waals surface area contributed by atoms with Crippen molar-refractivity contribution < 1.29 is 14.7 Å². The molecule has 0 bridgehead atoms. The predicted octanol–water partition coefficient (Wildman–Crippen LogP) is 5.24. The van der Waals surface area contributed by atoms with Crippen LogP contribution < -0.4 is 0 Å². The van der Waals surface area contributed by atoms with Crippen LogP contribution >= 0.6 is 11.3 Å². The number of amides is 1. The summed E-state index contributed by atoms with van der Waals surface area (Å²) in [5.74, 6) is -1.12. The minimum atomic E-state index is -0.574. The molecule has 2 aromatic rings. The Kier molecular flexibility index (Phi) is 5.86. The number of hydrogen-bond donors (Lipinski definition) is 1. The van der Waals surface area contributed by atoms with Crippen molar-refractivity contribution in [1.82, 2.24) is 4.90 Å². The first-order valence-electron chi connectivity index (χ1n) is 10.6. The lowest BCUT2D eigenvalue weighted by atomic mass is 9.89. The summed E-state index contributed by atoms with van der Waals surface area (Å²) in [6.45, 7) is 2.64. The quantitative estimate of drug-likeness (QED) is 0.307. The van der Waals surface area contributed by atoms with Crippen LogP contribution in [0.25, 0.3) is 5.76 Å². The van der Waals surface area contributed by atoms with E-state index in [1.165, 1.54) is 28.9 Å². The van der Waals surface area contributed by atoms with Gasteiger partial charge in [0.05, 0.1) is 11.6 Å². The van der Waals surface area contributed by atoms with Crippen LogP contribution in [0.5, 0.6) is 0 Å². The number of carbonyl (C=O) groups excluding carboxylic acids is 2. The third-order valence-electron chi connectivity index (χ3n) is 5.98. The average Bonchev–Trinajstić information content (AvgIpc) is 3.35. The van der Waals surface area contributed by atoms with E-state index in [4.69, 9.17) is 0 Å². The van der Waals surface area contributed by atoms with E-state index in [1.54, 1.807) is 4.90 Å². The minimum absolute atomic E-state index is 0.0480. The van der Waals surface area contributed by atoms with Crippen molar-refractivity contribution in [1.29, 1.82) is 0 Å². The largest absolute Gasteiger partial charge is 0.507 e. The normalized spacial score (nSPS) is 20.9. The maximum atomic E-state index is 13.0. The van der Waals surface area contributed by atoms with Crippen molar-refractivity contribution in [2.24, 2.45) is 0 Å². The summed E-state index contributed by atoms with van der Waals surface area (Å²) < 4.78 is 0. The molecule has 1 fully saturated rings. The van der Waals surface area contributed by atoms with E-state index < -0.39 is 17.7 Å². The van der Waals surface area contributed by atoms with Gasteiger partial charge in [0.1, 0.15) is 5.76 Å². The number of rotatable bonds is 6. The number of carbonyl (C=O) groups is 2. The number of thiophene rings is 1. The number of nitrogens with zero attached hydrogens (tertiary/aromatic N) is 1. The molecule has 0 radical (unpaired) electrons. The maximum Gasteiger partial charge on any atom is 0.295 e. The van der Waals surface area contributed by atoms with E-state index in [0.29, 0.717) is 12.1 Å². The molecule has 1 aliphatic carbocycles. The van der Waals surface area contributed by atoms with Crippen LogP contribution in [-0.2, 0) is 22.4 Å². The van der Waals surface area contributed by atoms with Crippen LogP contribution in [0.1, 0.15) is 66.6 Å². The topological polar surface area (TPSA) is 57.6 Å². The van der Waals surface area contributed by atoms with Gasteiger partial charge in [0.2, 0.25) is 0 Å². The first kappa shape index (κ1) is 19.9. The van der Waals surface area contributed by atoms with Crippen molar-refractivity contribution in [2.45, 2.75) is 57.9 Å². The summed E-state index contributed by atoms with van der Waals surface area (Å²) in [5.41, 5.74) is 3.43. The Morgan fingerprint density at radius 2 is 1.93 bits per heavy atom. The van der Waals surface area contributed by atoms with Crippen LogP contribution in [0.4, 0.5) is 0 Å². The highest BCUT2D eigenvalue weighted by atomic mass is 32.1. The predicted molar refractivity (Wildman–Crippen MR) is 116 cm³/mol. The Hall–Kier alpha value is -2.40. The first-order valence-corrected chi connectivity index (χ1v) is 11.4. The highest BCUT2D eigenvalue weighted by Crippen LogP contribution is 2.41. The molecule has 1 aromatic heterocycles. The Morgan fingerprint density at radius 3 is 2.66 bits per heavy atom. The fourth-order valence-corrected chi connectivity index (χ4v) is 5.27. The zero-order valence-electron chi connectivity index (χ0n) is 16.8. The van der Waals surface area contributed by atoms with Gasteiger partial charge in [0.15, 0.2) is 0 Å². The van der Waals surface area contributed by atoms with Gasteiger partial charge in [-0.2, -0.15) is 0 Å². The third-order valence-corrected chi connectivity index (χ3v) is 6.90. The molecule has 1 saturated heterocycles. The van der Waals surface area contributed by atoms with Gasteiger partial charge in [-0.05, 0) is 60.7 Å². The molecule has 5 heteroatoms. The number of hydrogen-bond acceptors (Lipinski definition) is 4. The van der Waals surface area contributed by atoms with Crippen LogP contribution in [0.2, 0.25) is 0 Å². The minimum Gasteiger partial charge on any atom is -0.507 e. The Labute approximate surface area is 175 Å². The van der Waals surface area contributed by atoms with Crippen molar-refractivity contribution >= 4 is 28.8 Å². The molecule has 0 saturated carbocycles. The van der Waals surface area contributed by atoms with Gasteiger partial charge in [-0.25, -0.2) is 0 Å². The van der Waals surface area contributed by atoms with Gasteiger partial charge in [0.25, 0.3) is 11.7 Å². The molecule has 1 N–H and O–H groups in total. The summed E-state index contributed by atoms with van der Waals surface area (Å²) in [5, 5.41) is 13.1. The van der Waals surface area contributed by atoms with Crippen LogP contribution in [0, 0.1) is 0 Å². The van der Waals surface area contributed by atoms with Gasteiger partial charge in [-0.15, -0.1) is 11.3 Å². The molecule has 2 heterocycles. The van der Waals surface area contributed by atoms with E-state index in [9.17, 15) is 14.7 Å². The molecule has 29 heavy (non-hydrogen) atoms. The number of aryl methyl sites for hydroxylation is 2. The molecule has 1 unspecified atom stereocenters. The zero-order valence-corrected chi connectivity index (χ0v) is 17.6. The Balaban J connectivity index is 1.77. The second-order valence-electron chi connectivity index (χ2n) is 7.91. The van der Waals surface area contributed by atoms with Crippen LogP contribution in [0.3, 0.4) is 0 Å². The van der Waals surface area contributed by atoms with E-state index in [0.717, 1.165) is 43.4 Å². The maximum absolute atomic E-state index is 13.0. The summed E-state index contributed by atoms with van der Waals surface area (Å²) in [4.78, 5) is 28.3. The fourth-order valence-electron chi connectivity index (χ4n) is 4.42.